The number of rotatable bonds is 15. The summed E-state index contributed by atoms with van der Waals surface area (Å²) in [5.41, 5.74) is 17.0. The van der Waals surface area contributed by atoms with Crippen molar-refractivity contribution in [1.82, 2.24) is 10.9 Å². The Kier molecular flexibility index (Phi) is 11.8. The number of halogens is 2. The summed E-state index contributed by atoms with van der Waals surface area (Å²) >= 11 is 12.3. The van der Waals surface area contributed by atoms with Crippen LogP contribution in [0.5, 0.6) is 11.5 Å². The van der Waals surface area contributed by atoms with E-state index in [0.29, 0.717) is 45.7 Å². The minimum atomic E-state index is -1.53. The fourth-order valence-electron chi connectivity index (χ4n) is 5.35. The van der Waals surface area contributed by atoms with E-state index in [1.54, 1.807) is 37.4 Å². The van der Waals surface area contributed by atoms with E-state index < -0.39 is 17.6 Å². The third kappa shape index (κ3) is 8.20. The SMILES string of the molecule is COc1cccc([C@@H]2OC(c3ccc(OCCCO)cc3)=N[C@]2(Cc2ccccc2CN=[N+]=[N-])C(=O)NNCc2ccc(Cl)c(Cl)c2)c1. The first-order valence-corrected chi connectivity index (χ1v) is 15.9. The second-order valence-electron chi connectivity index (χ2n) is 11.0. The second-order valence-corrected chi connectivity index (χ2v) is 11.8. The molecule has 0 spiro atoms. The van der Waals surface area contributed by atoms with Crippen LogP contribution in [-0.4, -0.2) is 42.8 Å². The molecule has 48 heavy (non-hydrogen) atoms. The van der Waals surface area contributed by atoms with Crippen molar-refractivity contribution in [2.75, 3.05) is 20.3 Å². The number of hydrogen-bond donors (Lipinski definition) is 3. The zero-order valence-electron chi connectivity index (χ0n) is 26.1. The zero-order chi connectivity index (χ0) is 33.9. The van der Waals surface area contributed by atoms with Gasteiger partial charge in [0.15, 0.2) is 11.6 Å². The summed E-state index contributed by atoms with van der Waals surface area (Å²) in [5.74, 6) is 1.02. The largest absolute Gasteiger partial charge is 0.497 e. The van der Waals surface area contributed by atoms with Crippen molar-refractivity contribution < 1.29 is 24.1 Å². The summed E-state index contributed by atoms with van der Waals surface area (Å²) in [5, 5.41) is 13.7. The van der Waals surface area contributed by atoms with E-state index in [9.17, 15) is 4.79 Å². The summed E-state index contributed by atoms with van der Waals surface area (Å²) in [4.78, 5) is 22.6. The Labute approximate surface area is 288 Å². The molecule has 0 fully saturated rings. The molecule has 13 heteroatoms. The predicted octanol–water partition coefficient (Wildman–Crippen LogP) is 6.89. The molecule has 2 atom stereocenters. The minimum Gasteiger partial charge on any atom is -0.497 e. The van der Waals surface area contributed by atoms with Crippen LogP contribution in [0, 0.1) is 0 Å². The Morgan fingerprint density at radius 3 is 2.54 bits per heavy atom. The number of hydrogen-bond acceptors (Lipinski definition) is 8. The first kappa shape index (κ1) is 34.6. The summed E-state index contributed by atoms with van der Waals surface area (Å²) < 4.78 is 17.8. The highest BCUT2D eigenvalue weighted by atomic mass is 35.5. The summed E-state index contributed by atoms with van der Waals surface area (Å²) in [6.45, 7) is 0.760. The van der Waals surface area contributed by atoms with Crippen molar-refractivity contribution in [3.8, 4) is 11.5 Å². The van der Waals surface area contributed by atoms with Gasteiger partial charge in [-0.3, -0.25) is 10.2 Å². The van der Waals surface area contributed by atoms with E-state index in [0.717, 1.165) is 16.7 Å². The Morgan fingerprint density at radius 2 is 1.81 bits per heavy atom. The number of methoxy groups -OCH3 is 1. The topological polar surface area (TPSA) is 150 Å². The molecule has 0 bridgehead atoms. The molecule has 11 nitrogen and oxygen atoms in total. The van der Waals surface area contributed by atoms with Crippen LogP contribution >= 0.6 is 23.2 Å². The zero-order valence-corrected chi connectivity index (χ0v) is 27.6. The molecule has 3 N–H and O–H groups in total. The molecule has 0 saturated heterocycles. The number of nitrogens with one attached hydrogen (secondary N) is 2. The monoisotopic (exact) mass is 688 g/mol. The number of aliphatic imine (C=N–C) groups is 1. The van der Waals surface area contributed by atoms with Crippen LogP contribution in [0.2, 0.25) is 10.0 Å². The molecule has 1 heterocycles. The predicted molar refractivity (Wildman–Crippen MR) is 184 cm³/mol. The Balaban J connectivity index is 1.57. The molecule has 0 aliphatic carbocycles. The third-order valence-electron chi connectivity index (χ3n) is 7.79. The summed E-state index contributed by atoms with van der Waals surface area (Å²) in [6, 6.07) is 27.2. The fourth-order valence-corrected chi connectivity index (χ4v) is 5.67. The number of azide groups is 1. The maximum Gasteiger partial charge on any atom is 0.266 e. The van der Waals surface area contributed by atoms with Gasteiger partial charge >= 0.3 is 0 Å². The maximum absolute atomic E-state index is 14.6. The fraction of sp³-hybridized carbons (Fsp3) is 0.257. The Hall–Kier alpha value is -4.77. The second kappa shape index (κ2) is 16.4. The highest BCUT2D eigenvalue weighted by Crippen LogP contribution is 2.43. The average molecular weight is 690 g/mol. The third-order valence-corrected chi connectivity index (χ3v) is 8.53. The van der Waals surface area contributed by atoms with Crippen LogP contribution in [0.4, 0.5) is 0 Å². The quantitative estimate of drug-likeness (QED) is 0.0407. The van der Waals surface area contributed by atoms with Crippen LogP contribution < -0.4 is 20.3 Å². The molecule has 1 aliphatic rings. The number of aliphatic hydroxyl groups is 1. The van der Waals surface area contributed by atoms with Gasteiger partial charge in [-0.15, -0.1) is 0 Å². The van der Waals surface area contributed by atoms with Crippen LogP contribution in [0.15, 0.2) is 101 Å². The van der Waals surface area contributed by atoms with Gasteiger partial charge in [-0.1, -0.05) is 70.8 Å². The van der Waals surface area contributed by atoms with E-state index in [-0.39, 0.29) is 32.0 Å². The molecule has 248 valence electrons. The smallest absolute Gasteiger partial charge is 0.266 e. The average Bonchev–Trinajstić information content (AvgIpc) is 3.50. The van der Waals surface area contributed by atoms with Gasteiger partial charge < -0.3 is 19.3 Å². The van der Waals surface area contributed by atoms with E-state index >= 15 is 0 Å². The van der Waals surface area contributed by atoms with Crippen LogP contribution in [-0.2, 0) is 29.0 Å². The highest BCUT2D eigenvalue weighted by molar-refractivity contribution is 6.42. The normalized spacial score (nSPS) is 16.8. The molecular weight excluding hydrogens is 655 g/mol. The number of carbonyl (C=O) groups excluding carboxylic acids is 1. The number of carbonyl (C=O) groups is 1. The van der Waals surface area contributed by atoms with Crippen molar-refractivity contribution in [1.29, 1.82) is 0 Å². The molecule has 4 aromatic rings. The Morgan fingerprint density at radius 1 is 1.02 bits per heavy atom. The van der Waals surface area contributed by atoms with Crippen molar-refractivity contribution in [3.63, 3.8) is 0 Å². The Bertz CT molecular complexity index is 1820. The number of aliphatic hydroxyl groups excluding tert-OH is 1. The summed E-state index contributed by atoms with van der Waals surface area (Å²) in [6.07, 6.45) is -0.266. The van der Waals surface area contributed by atoms with Crippen molar-refractivity contribution >= 4 is 35.0 Å². The lowest BCUT2D eigenvalue weighted by atomic mass is 9.81. The minimum absolute atomic E-state index is 0.0346. The molecule has 0 aromatic heterocycles. The number of amides is 1. The lowest BCUT2D eigenvalue weighted by Crippen LogP contribution is -2.53. The lowest BCUT2D eigenvalue weighted by molar-refractivity contribution is -0.130. The van der Waals surface area contributed by atoms with E-state index in [1.165, 1.54) is 0 Å². The van der Waals surface area contributed by atoms with Crippen LogP contribution in [0.25, 0.3) is 10.4 Å². The van der Waals surface area contributed by atoms with Gasteiger partial charge in [0, 0.05) is 36.5 Å². The number of benzene rings is 4. The van der Waals surface area contributed by atoms with Crippen molar-refractivity contribution in [2.24, 2.45) is 10.1 Å². The molecule has 1 aliphatic heterocycles. The van der Waals surface area contributed by atoms with E-state index in [1.807, 2.05) is 60.7 Å². The molecule has 5 rings (SSSR count). The van der Waals surface area contributed by atoms with E-state index in [2.05, 4.69) is 20.9 Å². The van der Waals surface area contributed by atoms with Gasteiger partial charge in [0.2, 0.25) is 5.90 Å². The van der Waals surface area contributed by atoms with Crippen LogP contribution in [0.1, 0.15) is 40.3 Å². The molecule has 0 radical (unpaired) electrons. The standard InChI is InChI=1S/C35H34Cl2N6O5/c1-46-29-9-4-8-25(19-29)32-35(20-26-6-2-3-7-27(26)22-40-43-38,34(45)42-39-21-23-10-15-30(36)31(37)18-23)41-33(48-32)24-11-13-28(14-12-24)47-17-5-16-44/h2-4,6-15,18-19,32,39,44H,5,16-17,20-22H2,1H3,(H,42,45)/t32-,35-/m0/s1. The van der Waals surface area contributed by atoms with E-state index in [4.69, 9.17) is 53.0 Å². The van der Waals surface area contributed by atoms with Gasteiger partial charge in [-0.2, -0.15) is 0 Å². The number of nitrogens with zero attached hydrogens (tertiary/aromatic N) is 4. The molecule has 4 aromatic carbocycles. The molecule has 0 unspecified atom stereocenters. The number of ether oxygens (including phenoxy) is 3. The van der Waals surface area contributed by atoms with Gasteiger partial charge in [-0.25, -0.2) is 10.4 Å². The van der Waals surface area contributed by atoms with Crippen molar-refractivity contribution in [2.45, 2.75) is 37.6 Å². The van der Waals surface area contributed by atoms with Crippen molar-refractivity contribution in [3.05, 3.63) is 139 Å². The lowest BCUT2D eigenvalue weighted by Gasteiger charge is -2.31. The molecule has 1 amide bonds. The first-order valence-electron chi connectivity index (χ1n) is 15.2. The molecule has 0 saturated carbocycles. The van der Waals surface area contributed by atoms with Gasteiger partial charge in [0.25, 0.3) is 5.91 Å². The van der Waals surface area contributed by atoms with Gasteiger partial charge in [0.1, 0.15) is 11.5 Å². The first-order chi connectivity index (χ1) is 23.4. The maximum atomic E-state index is 14.6. The molecular formula is C35H34Cl2N6O5. The van der Waals surface area contributed by atoms with Gasteiger partial charge in [0.05, 0.1) is 30.3 Å². The summed E-state index contributed by atoms with van der Waals surface area (Å²) in [7, 11) is 1.57. The van der Waals surface area contributed by atoms with Gasteiger partial charge in [-0.05, 0) is 76.3 Å². The van der Waals surface area contributed by atoms with Crippen LogP contribution in [0.3, 0.4) is 0 Å². The number of hydrazine groups is 1. The highest BCUT2D eigenvalue weighted by Gasteiger charge is 2.53.